The van der Waals surface area contributed by atoms with Crippen molar-refractivity contribution < 1.29 is 9.59 Å². The Kier molecular flexibility index (Phi) is 6.51. The van der Waals surface area contributed by atoms with Crippen molar-refractivity contribution in [3.05, 3.63) is 65.7 Å². The van der Waals surface area contributed by atoms with Crippen molar-refractivity contribution in [2.24, 2.45) is 15.9 Å². The zero-order valence-corrected chi connectivity index (χ0v) is 18.6. The van der Waals surface area contributed by atoms with Gasteiger partial charge in [-0.25, -0.2) is 9.89 Å². The Hall–Kier alpha value is -2.93. The molecule has 2 aliphatic heterocycles. The molecular formula is C24H26N4O2S. The highest BCUT2D eigenvalue weighted by Gasteiger charge is 2.41. The Labute approximate surface area is 186 Å². The molecule has 7 heteroatoms. The van der Waals surface area contributed by atoms with E-state index in [0.717, 1.165) is 23.2 Å². The molecule has 0 spiro atoms. The van der Waals surface area contributed by atoms with Crippen molar-refractivity contribution in [1.82, 2.24) is 10.2 Å². The number of nitrogens with zero attached hydrogens (tertiary/aromatic N) is 3. The molecule has 2 aliphatic rings. The minimum absolute atomic E-state index is 0.0572. The van der Waals surface area contributed by atoms with Gasteiger partial charge in [-0.15, -0.1) is 0 Å². The van der Waals surface area contributed by atoms with Crippen LogP contribution in [0.2, 0.25) is 0 Å². The first-order valence-corrected chi connectivity index (χ1v) is 11.5. The van der Waals surface area contributed by atoms with Crippen LogP contribution in [0.4, 0.5) is 5.69 Å². The maximum absolute atomic E-state index is 13.3. The second-order valence-electron chi connectivity index (χ2n) is 8.06. The molecule has 2 aromatic rings. The molecule has 6 nitrogen and oxygen atoms in total. The van der Waals surface area contributed by atoms with Gasteiger partial charge in [0.1, 0.15) is 11.9 Å². The number of carbonyl (C=O) groups is 2. The lowest BCUT2D eigenvalue weighted by molar-refractivity contribution is -0.124. The SMILES string of the molecule is CC(C)CCNC(=O)CSC1=Nc2ccccc2C2=NC(Cc3ccccc3)C(=O)N12. The van der Waals surface area contributed by atoms with E-state index in [9.17, 15) is 9.59 Å². The first kappa shape index (κ1) is 21.3. The quantitative estimate of drug-likeness (QED) is 0.721. The predicted molar refractivity (Wildman–Crippen MR) is 126 cm³/mol. The van der Waals surface area contributed by atoms with E-state index in [1.807, 2.05) is 54.6 Å². The number of aliphatic imine (C=N–C) groups is 2. The third-order valence-electron chi connectivity index (χ3n) is 5.20. The molecular weight excluding hydrogens is 408 g/mol. The molecule has 0 bridgehead atoms. The molecule has 0 radical (unpaired) electrons. The molecule has 2 amide bonds. The lowest BCUT2D eigenvalue weighted by Crippen LogP contribution is -2.42. The first-order valence-electron chi connectivity index (χ1n) is 10.6. The predicted octanol–water partition coefficient (Wildman–Crippen LogP) is 3.78. The number of thioether (sulfide) groups is 1. The van der Waals surface area contributed by atoms with E-state index in [4.69, 9.17) is 4.99 Å². The van der Waals surface area contributed by atoms with Gasteiger partial charge in [-0.3, -0.25) is 14.6 Å². The molecule has 1 N–H and O–H groups in total. The molecule has 0 fully saturated rings. The summed E-state index contributed by atoms with van der Waals surface area (Å²) in [6.07, 6.45) is 1.47. The van der Waals surface area contributed by atoms with E-state index >= 15 is 0 Å². The largest absolute Gasteiger partial charge is 0.355 e. The van der Waals surface area contributed by atoms with E-state index in [2.05, 4.69) is 24.2 Å². The Morgan fingerprint density at radius 3 is 2.65 bits per heavy atom. The number of nitrogens with one attached hydrogen (secondary N) is 1. The van der Waals surface area contributed by atoms with Crippen LogP contribution in [0.1, 0.15) is 31.4 Å². The summed E-state index contributed by atoms with van der Waals surface area (Å²) in [5.74, 6) is 1.21. The average Bonchev–Trinajstić information content (AvgIpc) is 3.09. The summed E-state index contributed by atoms with van der Waals surface area (Å²) in [6, 6.07) is 17.1. The van der Waals surface area contributed by atoms with E-state index in [-0.39, 0.29) is 17.6 Å². The summed E-state index contributed by atoms with van der Waals surface area (Å²) in [4.78, 5) is 36.6. The summed E-state index contributed by atoms with van der Waals surface area (Å²) in [7, 11) is 0. The normalized spacial score (nSPS) is 17.2. The number of rotatable bonds is 7. The fourth-order valence-corrected chi connectivity index (χ4v) is 4.38. The maximum atomic E-state index is 13.3. The number of carbonyl (C=O) groups excluding carboxylic acids is 2. The average molecular weight is 435 g/mol. The number of para-hydroxylation sites is 1. The number of amides is 2. The van der Waals surface area contributed by atoms with Crippen LogP contribution in [0, 0.1) is 5.92 Å². The fourth-order valence-electron chi connectivity index (χ4n) is 3.55. The minimum atomic E-state index is -0.491. The highest BCUT2D eigenvalue weighted by atomic mass is 32.2. The maximum Gasteiger partial charge on any atom is 0.259 e. The van der Waals surface area contributed by atoms with E-state index in [0.29, 0.717) is 29.9 Å². The number of amidine groups is 2. The molecule has 0 saturated heterocycles. The highest BCUT2D eigenvalue weighted by molar-refractivity contribution is 8.14. The first-order chi connectivity index (χ1) is 15.0. The van der Waals surface area contributed by atoms with Crippen molar-refractivity contribution in [3.8, 4) is 0 Å². The molecule has 1 unspecified atom stereocenters. The summed E-state index contributed by atoms with van der Waals surface area (Å²) >= 11 is 1.28. The van der Waals surface area contributed by atoms with Gasteiger partial charge in [0.2, 0.25) is 5.91 Å². The third kappa shape index (κ3) is 4.88. The fraction of sp³-hybridized carbons (Fsp3) is 0.333. The van der Waals surface area contributed by atoms with Crippen molar-refractivity contribution in [3.63, 3.8) is 0 Å². The van der Waals surface area contributed by atoms with Crippen molar-refractivity contribution >= 4 is 40.3 Å². The third-order valence-corrected chi connectivity index (χ3v) is 6.13. The van der Waals surface area contributed by atoms with Gasteiger partial charge in [0.15, 0.2) is 5.17 Å². The molecule has 0 aromatic heterocycles. The molecule has 2 aromatic carbocycles. The Balaban J connectivity index is 1.52. The van der Waals surface area contributed by atoms with Gasteiger partial charge in [-0.05, 0) is 30.0 Å². The lowest BCUT2D eigenvalue weighted by Gasteiger charge is -2.25. The standard InChI is InChI=1S/C24H26N4O2S/c1-16(2)12-13-25-21(29)15-31-24-27-19-11-7-6-10-18(19)22-26-20(23(30)28(22)24)14-17-8-4-3-5-9-17/h3-11,16,20H,12-15H2,1-2H3,(H,25,29). The lowest BCUT2D eigenvalue weighted by atomic mass is 10.1. The summed E-state index contributed by atoms with van der Waals surface area (Å²) in [5, 5.41) is 3.45. The molecule has 4 rings (SSSR count). The summed E-state index contributed by atoms with van der Waals surface area (Å²) in [5.41, 5.74) is 2.68. The zero-order valence-electron chi connectivity index (χ0n) is 17.7. The van der Waals surface area contributed by atoms with Crippen LogP contribution in [-0.2, 0) is 16.0 Å². The Bertz CT molecular complexity index is 1030. The number of hydrogen-bond acceptors (Lipinski definition) is 5. The topological polar surface area (TPSA) is 74.1 Å². The van der Waals surface area contributed by atoms with Crippen molar-refractivity contribution in [1.29, 1.82) is 0 Å². The molecule has 1 atom stereocenters. The summed E-state index contributed by atoms with van der Waals surface area (Å²) in [6.45, 7) is 4.91. The van der Waals surface area contributed by atoms with Gasteiger partial charge in [-0.2, -0.15) is 0 Å². The zero-order chi connectivity index (χ0) is 21.8. The van der Waals surface area contributed by atoms with Gasteiger partial charge in [0.25, 0.3) is 5.91 Å². The second kappa shape index (κ2) is 9.47. The molecule has 160 valence electrons. The van der Waals surface area contributed by atoms with Crippen LogP contribution in [0.15, 0.2) is 64.6 Å². The van der Waals surface area contributed by atoms with Gasteiger partial charge in [0.05, 0.1) is 11.4 Å². The van der Waals surface area contributed by atoms with Gasteiger partial charge in [-0.1, -0.05) is 68.1 Å². The van der Waals surface area contributed by atoms with Crippen LogP contribution in [-0.4, -0.2) is 46.1 Å². The molecule has 2 heterocycles. The number of hydrogen-bond donors (Lipinski definition) is 1. The van der Waals surface area contributed by atoms with Crippen LogP contribution in [0.3, 0.4) is 0 Å². The minimum Gasteiger partial charge on any atom is -0.355 e. The smallest absolute Gasteiger partial charge is 0.259 e. The highest BCUT2D eigenvalue weighted by Crippen LogP contribution is 2.34. The van der Waals surface area contributed by atoms with E-state index in [1.165, 1.54) is 11.8 Å². The van der Waals surface area contributed by atoms with Crippen LogP contribution < -0.4 is 5.32 Å². The molecule has 0 saturated carbocycles. The monoisotopic (exact) mass is 434 g/mol. The molecule has 31 heavy (non-hydrogen) atoms. The van der Waals surface area contributed by atoms with Gasteiger partial charge < -0.3 is 5.32 Å². The number of benzene rings is 2. The second-order valence-corrected chi connectivity index (χ2v) is 9.01. The van der Waals surface area contributed by atoms with Gasteiger partial charge in [0, 0.05) is 18.5 Å². The Morgan fingerprint density at radius 2 is 1.87 bits per heavy atom. The van der Waals surface area contributed by atoms with Crippen LogP contribution >= 0.6 is 11.8 Å². The Morgan fingerprint density at radius 1 is 1.13 bits per heavy atom. The van der Waals surface area contributed by atoms with Crippen molar-refractivity contribution in [2.75, 3.05) is 12.3 Å². The van der Waals surface area contributed by atoms with E-state index in [1.54, 1.807) is 4.90 Å². The van der Waals surface area contributed by atoms with E-state index < -0.39 is 6.04 Å². The van der Waals surface area contributed by atoms with Crippen molar-refractivity contribution in [2.45, 2.75) is 32.7 Å². The number of fused-ring (bicyclic) bond motifs is 3. The van der Waals surface area contributed by atoms with Crippen LogP contribution in [0.25, 0.3) is 0 Å². The molecule has 0 aliphatic carbocycles. The summed E-state index contributed by atoms with van der Waals surface area (Å²) < 4.78 is 0. The van der Waals surface area contributed by atoms with Gasteiger partial charge >= 0.3 is 0 Å². The van der Waals surface area contributed by atoms with Crippen LogP contribution in [0.5, 0.6) is 0 Å².